The van der Waals surface area contributed by atoms with Crippen molar-refractivity contribution in [3.8, 4) is 0 Å². The Hall–Kier alpha value is -1.10. The molecule has 1 fully saturated rings. The normalized spacial score (nSPS) is 22.0. The number of carbonyl (C=O) groups excluding carboxylic acids is 1. The van der Waals surface area contributed by atoms with Crippen molar-refractivity contribution in [3.63, 3.8) is 0 Å². The van der Waals surface area contributed by atoms with Crippen LogP contribution in [0.1, 0.15) is 46.0 Å². The quantitative estimate of drug-likeness (QED) is 0.633. The molecule has 1 amide bonds. The van der Waals surface area contributed by atoms with Crippen molar-refractivity contribution in [2.24, 2.45) is 17.8 Å². The predicted octanol–water partition coefficient (Wildman–Crippen LogP) is 1.63. The lowest BCUT2D eigenvalue weighted by Gasteiger charge is -2.28. The number of hydrogen-bond acceptors (Lipinski definition) is 3. The summed E-state index contributed by atoms with van der Waals surface area (Å²) in [4.78, 5) is 22.6. The van der Waals surface area contributed by atoms with E-state index in [1.165, 1.54) is 12.8 Å². The fourth-order valence-electron chi connectivity index (χ4n) is 2.76. The van der Waals surface area contributed by atoms with Gasteiger partial charge in [-0.2, -0.15) is 0 Å². The third-order valence-corrected chi connectivity index (χ3v) is 4.28. The molecule has 0 aromatic rings. The topological polar surface area (TPSA) is 78.4 Å². The summed E-state index contributed by atoms with van der Waals surface area (Å²) >= 11 is 0. The molecule has 1 heterocycles. The van der Waals surface area contributed by atoms with Gasteiger partial charge in [-0.15, -0.1) is 0 Å². The molecule has 0 radical (unpaired) electrons. The Bertz CT molecular complexity index is 314. The van der Waals surface area contributed by atoms with Gasteiger partial charge in [-0.05, 0) is 43.7 Å². The van der Waals surface area contributed by atoms with Crippen molar-refractivity contribution >= 4 is 11.9 Å². The summed E-state index contributed by atoms with van der Waals surface area (Å²) in [5, 5.41) is 15.0. The van der Waals surface area contributed by atoms with Gasteiger partial charge in [-0.1, -0.05) is 20.3 Å². The van der Waals surface area contributed by atoms with Crippen LogP contribution >= 0.6 is 0 Å². The molecule has 5 nitrogen and oxygen atoms in total. The molecule has 116 valence electrons. The number of rotatable bonds is 8. The van der Waals surface area contributed by atoms with Crippen LogP contribution in [0.4, 0.5) is 0 Å². The van der Waals surface area contributed by atoms with E-state index in [9.17, 15) is 9.59 Å². The molecule has 3 unspecified atom stereocenters. The summed E-state index contributed by atoms with van der Waals surface area (Å²) in [6.07, 6.45) is 3.81. The number of carbonyl (C=O) groups is 2. The predicted molar refractivity (Wildman–Crippen MR) is 78.4 cm³/mol. The smallest absolute Gasteiger partial charge is 0.303 e. The standard InChI is InChI=1S/C15H28N2O3/c1-3-12(8-15(19)20)9-17-14(18)7-11(2)13-5-4-6-16-10-13/h11-13,16H,3-10H2,1-2H3,(H,17,18)(H,19,20). The van der Waals surface area contributed by atoms with Gasteiger partial charge in [0.25, 0.3) is 0 Å². The van der Waals surface area contributed by atoms with E-state index in [1.807, 2.05) is 6.92 Å². The summed E-state index contributed by atoms with van der Waals surface area (Å²) in [7, 11) is 0. The van der Waals surface area contributed by atoms with Crippen molar-refractivity contribution in [2.75, 3.05) is 19.6 Å². The Morgan fingerprint density at radius 3 is 2.70 bits per heavy atom. The van der Waals surface area contributed by atoms with Crippen LogP contribution in [0.25, 0.3) is 0 Å². The first-order valence-electron chi connectivity index (χ1n) is 7.72. The molecule has 1 aliphatic rings. The largest absolute Gasteiger partial charge is 0.481 e. The van der Waals surface area contributed by atoms with Crippen LogP contribution in [-0.2, 0) is 9.59 Å². The number of aliphatic carboxylic acids is 1. The van der Waals surface area contributed by atoms with Crippen molar-refractivity contribution in [1.29, 1.82) is 0 Å². The third-order valence-electron chi connectivity index (χ3n) is 4.28. The molecule has 1 rings (SSSR count). The maximum atomic E-state index is 11.9. The Morgan fingerprint density at radius 1 is 1.40 bits per heavy atom. The maximum absolute atomic E-state index is 11.9. The molecule has 5 heteroatoms. The number of carboxylic acids is 1. The first-order chi connectivity index (χ1) is 9.52. The Kier molecular flexibility index (Phi) is 7.59. The molecular formula is C15H28N2O3. The van der Waals surface area contributed by atoms with Gasteiger partial charge in [0.1, 0.15) is 0 Å². The number of nitrogens with one attached hydrogen (secondary N) is 2. The van der Waals surface area contributed by atoms with Crippen LogP contribution in [0.2, 0.25) is 0 Å². The zero-order valence-electron chi connectivity index (χ0n) is 12.7. The van der Waals surface area contributed by atoms with E-state index in [1.54, 1.807) is 0 Å². The van der Waals surface area contributed by atoms with E-state index in [0.717, 1.165) is 19.5 Å². The Morgan fingerprint density at radius 2 is 2.15 bits per heavy atom. The Balaban J connectivity index is 2.26. The van der Waals surface area contributed by atoms with E-state index in [-0.39, 0.29) is 18.2 Å². The highest BCUT2D eigenvalue weighted by Gasteiger charge is 2.22. The molecule has 20 heavy (non-hydrogen) atoms. The van der Waals surface area contributed by atoms with Crippen molar-refractivity contribution in [1.82, 2.24) is 10.6 Å². The van der Waals surface area contributed by atoms with Gasteiger partial charge in [0, 0.05) is 19.4 Å². The monoisotopic (exact) mass is 284 g/mol. The number of carboxylic acid groups (broad SMARTS) is 1. The Labute approximate surface area is 121 Å². The minimum absolute atomic E-state index is 0.0307. The molecule has 3 atom stereocenters. The molecule has 0 bridgehead atoms. The fourth-order valence-corrected chi connectivity index (χ4v) is 2.76. The maximum Gasteiger partial charge on any atom is 0.303 e. The van der Waals surface area contributed by atoms with Crippen molar-refractivity contribution in [2.45, 2.75) is 46.0 Å². The highest BCUT2D eigenvalue weighted by atomic mass is 16.4. The zero-order chi connectivity index (χ0) is 15.0. The van der Waals surface area contributed by atoms with E-state index >= 15 is 0 Å². The average molecular weight is 284 g/mol. The minimum atomic E-state index is -0.798. The second-order valence-electron chi connectivity index (χ2n) is 5.96. The highest BCUT2D eigenvalue weighted by Crippen LogP contribution is 2.22. The molecular weight excluding hydrogens is 256 g/mol. The number of hydrogen-bond donors (Lipinski definition) is 3. The second-order valence-corrected chi connectivity index (χ2v) is 5.96. The van der Waals surface area contributed by atoms with Crippen LogP contribution < -0.4 is 10.6 Å². The van der Waals surface area contributed by atoms with Crippen LogP contribution in [0, 0.1) is 17.8 Å². The summed E-state index contributed by atoms with van der Waals surface area (Å²) in [5.41, 5.74) is 0. The minimum Gasteiger partial charge on any atom is -0.481 e. The molecule has 0 aromatic heterocycles. The van der Waals surface area contributed by atoms with Crippen molar-refractivity contribution < 1.29 is 14.7 Å². The summed E-state index contributed by atoms with van der Waals surface area (Å²) < 4.78 is 0. The van der Waals surface area contributed by atoms with E-state index in [0.29, 0.717) is 24.8 Å². The molecule has 1 aliphatic heterocycles. The lowest BCUT2D eigenvalue weighted by molar-refractivity contribution is -0.138. The van der Waals surface area contributed by atoms with E-state index < -0.39 is 5.97 Å². The van der Waals surface area contributed by atoms with Crippen LogP contribution in [0.15, 0.2) is 0 Å². The van der Waals surface area contributed by atoms with Gasteiger partial charge in [0.15, 0.2) is 0 Å². The van der Waals surface area contributed by atoms with Crippen LogP contribution in [0.5, 0.6) is 0 Å². The lowest BCUT2D eigenvalue weighted by atomic mass is 9.85. The first kappa shape index (κ1) is 17.0. The van der Waals surface area contributed by atoms with Gasteiger partial charge in [-0.3, -0.25) is 9.59 Å². The second kappa shape index (κ2) is 8.95. The van der Waals surface area contributed by atoms with Crippen LogP contribution in [-0.4, -0.2) is 36.6 Å². The number of piperidine rings is 1. The molecule has 0 aromatic carbocycles. The molecule has 1 saturated heterocycles. The van der Waals surface area contributed by atoms with Gasteiger partial charge in [0.05, 0.1) is 0 Å². The van der Waals surface area contributed by atoms with Gasteiger partial charge >= 0.3 is 5.97 Å². The van der Waals surface area contributed by atoms with E-state index in [2.05, 4.69) is 17.6 Å². The fraction of sp³-hybridized carbons (Fsp3) is 0.867. The average Bonchev–Trinajstić information content (AvgIpc) is 2.44. The highest BCUT2D eigenvalue weighted by molar-refractivity contribution is 5.76. The number of amides is 1. The van der Waals surface area contributed by atoms with Gasteiger partial charge < -0.3 is 15.7 Å². The summed E-state index contributed by atoms with van der Waals surface area (Å²) in [6.45, 7) is 6.65. The molecule has 3 N–H and O–H groups in total. The lowest BCUT2D eigenvalue weighted by Crippen LogP contribution is -2.36. The molecule has 0 aliphatic carbocycles. The molecule has 0 spiro atoms. The zero-order valence-corrected chi connectivity index (χ0v) is 12.7. The van der Waals surface area contributed by atoms with Gasteiger partial charge in [0.2, 0.25) is 5.91 Å². The third kappa shape index (κ3) is 6.37. The summed E-state index contributed by atoms with van der Waals surface area (Å²) in [6, 6.07) is 0. The van der Waals surface area contributed by atoms with Gasteiger partial charge in [-0.25, -0.2) is 0 Å². The first-order valence-corrected chi connectivity index (χ1v) is 7.72. The van der Waals surface area contributed by atoms with Crippen molar-refractivity contribution in [3.05, 3.63) is 0 Å². The summed E-state index contributed by atoms with van der Waals surface area (Å²) in [5.74, 6) is 0.237. The SMILES string of the molecule is CCC(CNC(=O)CC(C)C1CCCNC1)CC(=O)O. The molecule has 0 saturated carbocycles. The van der Waals surface area contributed by atoms with E-state index in [4.69, 9.17) is 5.11 Å². The van der Waals surface area contributed by atoms with Crippen LogP contribution in [0.3, 0.4) is 0 Å².